The van der Waals surface area contributed by atoms with Gasteiger partial charge in [0.2, 0.25) is 11.8 Å². The predicted molar refractivity (Wildman–Crippen MR) is 141 cm³/mol. The molecule has 0 bridgehead atoms. The molecule has 180 valence electrons. The lowest BCUT2D eigenvalue weighted by molar-refractivity contribution is -0.115. The number of ketones is 1. The molecule has 0 aliphatic carbocycles. The van der Waals surface area contributed by atoms with Crippen molar-refractivity contribution >= 4 is 29.0 Å². The average Bonchev–Trinajstić information content (AvgIpc) is 2.86. The van der Waals surface area contributed by atoms with Gasteiger partial charge in [0, 0.05) is 59.9 Å². The lowest BCUT2D eigenvalue weighted by Crippen LogP contribution is -2.10. The van der Waals surface area contributed by atoms with Gasteiger partial charge in [-0.15, -0.1) is 0 Å². The van der Waals surface area contributed by atoms with Crippen molar-refractivity contribution in [3.05, 3.63) is 95.3 Å². The molecule has 0 radical (unpaired) electrons. The summed E-state index contributed by atoms with van der Waals surface area (Å²) >= 11 is 0. The number of nitrogens with zero attached hydrogens (tertiary/aromatic N) is 2. The van der Waals surface area contributed by atoms with Crippen molar-refractivity contribution in [3.8, 4) is 22.5 Å². The number of amides is 2. The van der Waals surface area contributed by atoms with E-state index in [0.29, 0.717) is 45.0 Å². The van der Waals surface area contributed by atoms with Crippen LogP contribution in [0.5, 0.6) is 0 Å². The monoisotopic (exact) mass is 478 g/mol. The summed E-state index contributed by atoms with van der Waals surface area (Å²) < 4.78 is 0. The van der Waals surface area contributed by atoms with Crippen LogP contribution in [0.25, 0.3) is 22.5 Å². The van der Waals surface area contributed by atoms with Crippen molar-refractivity contribution in [2.75, 3.05) is 10.6 Å². The van der Waals surface area contributed by atoms with Crippen LogP contribution in [0.3, 0.4) is 0 Å². The first kappa shape index (κ1) is 24.5. The molecular weight excluding hydrogens is 452 g/mol. The van der Waals surface area contributed by atoms with E-state index in [2.05, 4.69) is 20.6 Å². The highest BCUT2D eigenvalue weighted by Gasteiger charge is 2.21. The number of hydrogen-bond acceptors (Lipinski definition) is 5. The zero-order valence-corrected chi connectivity index (χ0v) is 20.5. The largest absolute Gasteiger partial charge is 0.326 e. The number of pyridine rings is 2. The first-order chi connectivity index (χ1) is 17.2. The fraction of sp³-hybridized carbons (Fsp3) is 0.138. The van der Waals surface area contributed by atoms with Gasteiger partial charge in [0.15, 0.2) is 5.78 Å². The fourth-order valence-electron chi connectivity index (χ4n) is 3.97. The summed E-state index contributed by atoms with van der Waals surface area (Å²) in [6.07, 6.45) is 3.27. The molecule has 2 amide bonds. The number of hydrogen-bond donors (Lipinski definition) is 2. The van der Waals surface area contributed by atoms with E-state index >= 15 is 0 Å². The van der Waals surface area contributed by atoms with Crippen LogP contribution in [0.15, 0.2) is 73.1 Å². The molecule has 0 atom stereocenters. The lowest BCUT2D eigenvalue weighted by atomic mass is 9.94. The van der Waals surface area contributed by atoms with E-state index in [1.807, 2.05) is 50.2 Å². The van der Waals surface area contributed by atoms with Crippen LogP contribution in [0.1, 0.15) is 40.9 Å². The van der Waals surface area contributed by atoms with E-state index in [4.69, 9.17) is 0 Å². The standard InChI is InChI=1S/C29H26N4O3/c1-17-9-11-21(15-25(17)32-19(3)34)27-23(7-5-13-30-27)29(36)24-8-6-14-31-28(24)22-12-10-18(2)26(16-22)33-20(4)35/h5-16H,1-4H3,(H,32,34)(H,33,35). The number of aromatic nitrogens is 2. The molecule has 0 fully saturated rings. The molecule has 0 saturated carbocycles. The molecule has 0 unspecified atom stereocenters. The van der Waals surface area contributed by atoms with Crippen molar-refractivity contribution < 1.29 is 14.4 Å². The molecule has 4 aromatic rings. The minimum Gasteiger partial charge on any atom is -0.326 e. The summed E-state index contributed by atoms with van der Waals surface area (Å²) in [4.78, 5) is 46.2. The Bertz CT molecular complexity index is 1380. The van der Waals surface area contributed by atoms with Crippen LogP contribution < -0.4 is 10.6 Å². The van der Waals surface area contributed by atoms with Crippen LogP contribution in [0, 0.1) is 13.8 Å². The van der Waals surface area contributed by atoms with Gasteiger partial charge in [0.25, 0.3) is 0 Å². The number of carbonyl (C=O) groups excluding carboxylic acids is 3. The zero-order valence-electron chi connectivity index (χ0n) is 20.5. The summed E-state index contributed by atoms with van der Waals surface area (Å²) in [5, 5.41) is 5.65. The van der Waals surface area contributed by atoms with Gasteiger partial charge in [-0.3, -0.25) is 24.4 Å². The zero-order chi connectivity index (χ0) is 25.8. The Balaban J connectivity index is 1.80. The Morgan fingerprint density at radius 1 is 0.639 bits per heavy atom. The molecule has 0 aliphatic heterocycles. The van der Waals surface area contributed by atoms with Crippen LogP contribution in [0.2, 0.25) is 0 Å². The van der Waals surface area contributed by atoms with Crippen LogP contribution in [0.4, 0.5) is 11.4 Å². The quantitative estimate of drug-likeness (QED) is 0.353. The second-order valence-corrected chi connectivity index (χ2v) is 8.55. The van der Waals surface area contributed by atoms with Gasteiger partial charge in [-0.1, -0.05) is 24.3 Å². The summed E-state index contributed by atoms with van der Waals surface area (Å²) in [6, 6.07) is 18.1. The minimum atomic E-state index is -0.232. The van der Waals surface area contributed by atoms with Crippen LogP contribution in [-0.4, -0.2) is 27.6 Å². The van der Waals surface area contributed by atoms with E-state index in [9.17, 15) is 14.4 Å². The molecule has 0 aliphatic rings. The topological polar surface area (TPSA) is 101 Å². The number of benzene rings is 2. The van der Waals surface area contributed by atoms with Crippen molar-refractivity contribution in [2.45, 2.75) is 27.7 Å². The van der Waals surface area contributed by atoms with E-state index in [-0.39, 0.29) is 17.6 Å². The van der Waals surface area contributed by atoms with Crippen molar-refractivity contribution in [1.29, 1.82) is 0 Å². The first-order valence-corrected chi connectivity index (χ1v) is 11.5. The van der Waals surface area contributed by atoms with Gasteiger partial charge >= 0.3 is 0 Å². The van der Waals surface area contributed by atoms with Gasteiger partial charge in [-0.2, -0.15) is 0 Å². The summed E-state index contributed by atoms with van der Waals surface area (Å²) in [5.74, 6) is -0.585. The number of rotatable bonds is 6. The highest BCUT2D eigenvalue weighted by Crippen LogP contribution is 2.31. The third kappa shape index (κ3) is 5.20. The predicted octanol–water partition coefficient (Wildman–Crippen LogP) is 5.58. The van der Waals surface area contributed by atoms with Gasteiger partial charge in [-0.05, 0) is 61.4 Å². The Labute approximate surface area is 209 Å². The fourth-order valence-corrected chi connectivity index (χ4v) is 3.97. The molecule has 2 aromatic heterocycles. The molecule has 2 heterocycles. The van der Waals surface area contributed by atoms with E-state index in [1.165, 1.54) is 13.8 Å². The average molecular weight is 479 g/mol. The highest BCUT2D eigenvalue weighted by atomic mass is 16.2. The highest BCUT2D eigenvalue weighted by molar-refractivity contribution is 6.15. The SMILES string of the molecule is CC(=O)Nc1cc(-c2ncccc2C(=O)c2cccnc2-c2ccc(C)c(NC(C)=O)c2)ccc1C. The van der Waals surface area contributed by atoms with Crippen molar-refractivity contribution in [1.82, 2.24) is 9.97 Å². The van der Waals surface area contributed by atoms with Crippen molar-refractivity contribution in [3.63, 3.8) is 0 Å². The Kier molecular flexibility index (Phi) is 7.01. The van der Waals surface area contributed by atoms with Gasteiger partial charge < -0.3 is 10.6 Å². The van der Waals surface area contributed by atoms with E-state index in [1.54, 1.807) is 36.7 Å². The van der Waals surface area contributed by atoms with Crippen molar-refractivity contribution in [2.24, 2.45) is 0 Å². The Morgan fingerprint density at radius 2 is 1.06 bits per heavy atom. The number of nitrogens with one attached hydrogen (secondary N) is 2. The molecule has 0 saturated heterocycles. The Morgan fingerprint density at radius 3 is 1.44 bits per heavy atom. The normalized spacial score (nSPS) is 10.6. The molecule has 2 N–H and O–H groups in total. The molecule has 36 heavy (non-hydrogen) atoms. The number of anilines is 2. The van der Waals surface area contributed by atoms with E-state index < -0.39 is 0 Å². The first-order valence-electron chi connectivity index (χ1n) is 11.5. The van der Waals surface area contributed by atoms with E-state index in [0.717, 1.165) is 11.1 Å². The molecule has 0 spiro atoms. The number of carbonyl (C=O) groups is 3. The van der Waals surface area contributed by atoms with Crippen LogP contribution >= 0.6 is 0 Å². The summed E-state index contributed by atoms with van der Waals surface area (Å²) in [5.41, 5.74) is 6.40. The second-order valence-electron chi connectivity index (χ2n) is 8.55. The van der Waals surface area contributed by atoms with Gasteiger partial charge in [-0.25, -0.2) is 0 Å². The summed E-state index contributed by atoms with van der Waals surface area (Å²) in [7, 11) is 0. The third-order valence-corrected chi connectivity index (χ3v) is 5.75. The minimum absolute atomic E-state index is 0.177. The third-order valence-electron chi connectivity index (χ3n) is 5.75. The number of aryl methyl sites for hydroxylation is 2. The molecule has 4 rings (SSSR count). The maximum absolute atomic E-state index is 13.9. The maximum Gasteiger partial charge on any atom is 0.221 e. The van der Waals surface area contributed by atoms with Gasteiger partial charge in [0.1, 0.15) is 0 Å². The maximum atomic E-state index is 13.9. The molecular formula is C29H26N4O3. The van der Waals surface area contributed by atoms with Gasteiger partial charge in [0.05, 0.1) is 11.4 Å². The molecule has 7 heteroatoms. The van der Waals surface area contributed by atoms with Crippen LogP contribution in [-0.2, 0) is 9.59 Å². The molecule has 7 nitrogen and oxygen atoms in total. The lowest BCUT2D eigenvalue weighted by Gasteiger charge is -2.14. The smallest absolute Gasteiger partial charge is 0.221 e. The summed E-state index contributed by atoms with van der Waals surface area (Å²) in [6.45, 7) is 6.71. The second kappa shape index (κ2) is 10.3. The Hall–Kier alpha value is -4.65. The molecule has 2 aromatic carbocycles.